The van der Waals surface area contributed by atoms with Crippen LogP contribution in [0.5, 0.6) is 0 Å². The normalized spacial score (nSPS) is 23.4. The number of aliphatic carboxylic acids is 1. The Morgan fingerprint density at radius 3 is 2.45 bits per heavy atom. The zero-order valence-corrected chi connectivity index (χ0v) is 12.8. The molecule has 1 aliphatic carbocycles. The summed E-state index contributed by atoms with van der Waals surface area (Å²) in [6.07, 6.45) is 3.41. The van der Waals surface area contributed by atoms with E-state index >= 15 is 0 Å². The number of alkyl carbamates (subject to hydrolysis) is 1. The topological polar surface area (TPSA) is 78.9 Å². The Hall–Kier alpha value is -1.30. The number of nitrogens with zero attached hydrogens (tertiary/aromatic N) is 1. The standard InChI is InChI=1S/C14H26N2O4/c1-14(2,3)20-13(19)15-10-7-5-6-8-11(10)16(4)9-12(17)18/h10-11H,5-9H2,1-4H3,(H,15,19)(H,17,18)/t10-,11-/m1/s1. The molecule has 1 fully saturated rings. The van der Waals surface area contributed by atoms with Crippen molar-refractivity contribution in [1.29, 1.82) is 0 Å². The molecule has 0 spiro atoms. The molecule has 1 saturated carbocycles. The largest absolute Gasteiger partial charge is 0.480 e. The minimum atomic E-state index is -0.853. The van der Waals surface area contributed by atoms with Gasteiger partial charge < -0.3 is 15.2 Å². The number of rotatable bonds is 4. The Morgan fingerprint density at radius 1 is 1.30 bits per heavy atom. The van der Waals surface area contributed by atoms with Crippen molar-refractivity contribution in [2.45, 2.75) is 64.1 Å². The van der Waals surface area contributed by atoms with Crippen LogP contribution in [-0.4, -0.2) is 53.3 Å². The number of hydrogen-bond donors (Lipinski definition) is 2. The fourth-order valence-electron chi connectivity index (χ4n) is 2.60. The summed E-state index contributed by atoms with van der Waals surface area (Å²) in [5.41, 5.74) is -0.527. The second-order valence-corrected chi connectivity index (χ2v) is 6.41. The van der Waals surface area contributed by atoms with Crippen LogP contribution in [0.25, 0.3) is 0 Å². The first-order valence-corrected chi connectivity index (χ1v) is 7.10. The van der Waals surface area contributed by atoms with E-state index in [9.17, 15) is 9.59 Å². The predicted octanol–water partition coefficient (Wildman–Crippen LogP) is 1.84. The highest BCUT2D eigenvalue weighted by molar-refractivity contribution is 5.69. The van der Waals surface area contributed by atoms with Gasteiger partial charge >= 0.3 is 12.1 Å². The highest BCUT2D eigenvalue weighted by Gasteiger charge is 2.31. The van der Waals surface area contributed by atoms with Crippen LogP contribution in [-0.2, 0) is 9.53 Å². The van der Waals surface area contributed by atoms with Gasteiger partial charge in [-0.15, -0.1) is 0 Å². The van der Waals surface area contributed by atoms with E-state index in [1.807, 2.05) is 20.8 Å². The molecule has 0 aromatic rings. The lowest BCUT2D eigenvalue weighted by molar-refractivity contribution is -0.138. The summed E-state index contributed by atoms with van der Waals surface area (Å²) in [5.74, 6) is -0.853. The zero-order chi connectivity index (χ0) is 15.3. The lowest BCUT2D eigenvalue weighted by Crippen LogP contribution is -2.53. The van der Waals surface area contributed by atoms with E-state index < -0.39 is 17.7 Å². The summed E-state index contributed by atoms with van der Waals surface area (Å²) < 4.78 is 5.26. The number of nitrogens with one attached hydrogen (secondary N) is 1. The minimum absolute atomic E-state index is 0.0167. The molecule has 2 N–H and O–H groups in total. The molecule has 2 atom stereocenters. The Balaban J connectivity index is 2.60. The van der Waals surface area contributed by atoms with Crippen LogP contribution in [0.1, 0.15) is 46.5 Å². The van der Waals surface area contributed by atoms with Crippen LogP contribution in [0.2, 0.25) is 0 Å². The van der Waals surface area contributed by atoms with Gasteiger partial charge in [-0.2, -0.15) is 0 Å². The maximum Gasteiger partial charge on any atom is 0.407 e. The van der Waals surface area contributed by atoms with E-state index in [2.05, 4.69) is 5.32 Å². The molecule has 0 radical (unpaired) electrons. The Bertz CT molecular complexity index is 352. The third kappa shape index (κ3) is 5.77. The Kier molecular flexibility index (Phi) is 5.80. The third-order valence-corrected chi connectivity index (χ3v) is 3.38. The van der Waals surface area contributed by atoms with E-state index in [0.717, 1.165) is 25.7 Å². The van der Waals surface area contributed by atoms with E-state index in [0.29, 0.717) is 0 Å². The SMILES string of the molecule is CN(CC(=O)O)[C@@H]1CCCC[C@H]1NC(=O)OC(C)(C)C. The molecular weight excluding hydrogens is 260 g/mol. The molecule has 1 aliphatic rings. The molecule has 1 rings (SSSR count). The summed E-state index contributed by atoms with van der Waals surface area (Å²) in [6, 6.07) is -0.00433. The second-order valence-electron chi connectivity index (χ2n) is 6.41. The number of amides is 1. The Labute approximate surface area is 120 Å². The molecule has 0 aromatic heterocycles. The van der Waals surface area contributed by atoms with Gasteiger partial charge in [-0.05, 0) is 40.7 Å². The van der Waals surface area contributed by atoms with Gasteiger partial charge in [-0.3, -0.25) is 9.69 Å². The first-order valence-electron chi connectivity index (χ1n) is 7.10. The molecule has 0 aromatic carbocycles. The van der Waals surface area contributed by atoms with Gasteiger partial charge in [0.15, 0.2) is 0 Å². The lowest BCUT2D eigenvalue weighted by atomic mass is 9.89. The molecule has 116 valence electrons. The molecule has 0 aliphatic heterocycles. The molecule has 0 saturated heterocycles. The summed E-state index contributed by atoms with van der Waals surface area (Å²) in [4.78, 5) is 24.5. The van der Waals surface area contributed by atoms with Crippen LogP contribution < -0.4 is 5.32 Å². The average Bonchev–Trinajstić information content (AvgIpc) is 2.25. The number of likely N-dealkylation sites (N-methyl/N-ethyl adjacent to an activating group) is 1. The number of ether oxygens (including phenoxy) is 1. The molecule has 6 heteroatoms. The molecule has 0 unspecified atom stereocenters. The first-order chi connectivity index (χ1) is 9.19. The van der Waals surface area contributed by atoms with Crippen molar-refractivity contribution in [3.05, 3.63) is 0 Å². The van der Waals surface area contributed by atoms with Crippen molar-refractivity contribution in [3.8, 4) is 0 Å². The summed E-state index contributed by atoms with van der Waals surface area (Å²) >= 11 is 0. The maximum atomic E-state index is 11.8. The smallest absolute Gasteiger partial charge is 0.407 e. The molecule has 0 heterocycles. The van der Waals surface area contributed by atoms with E-state index in [4.69, 9.17) is 9.84 Å². The van der Waals surface area contributed by atoms with Crippen molar-refractivity contribution < 1.29 is 19.4 Å². The van der Waals surface area contributed by atoms with Gasteiger partial charge in [0, 0.05) is 12.1 Å². The first kappa shape index (κ1) is 16.8. The van der Waals surface area contributed by atoms with Gasteiger partial charge in [-0.25, -0.2) is 4.79 Å². The summed E-state index contributed by atoms with van der Waals surface area (Å²) in [7, 11) is 1.79. The maximum absolute atomic E-state index is 11.8. The van der Waals surface area contributed by atoms with Crippen molar-refractivity contribution >= 4 is 12.1 Å². The number of carboxylic acids is 1. The monoisotopic (exact) mass is 286 g/mol. The van der Waals surface area contributed by atoms with Gasteiger partial charge in [-0.1, -0.05) is 12.8 Å². The second kappa shape index (κ2) is 6.92. The third-order valence-electron chi connectivity index (χ3n) is 3.38. The number of carbonyl (C=O) groups is 2. The zero-order valence-electron chi connectivity index (χ0n) is 12.8. The van der Waals surface area contributed by atoms with Crippen LogP contribution in [0, 0.1) is 0 Å². The minimum Gasteiger partial charge on any atom is -0.480 e. The average molecular weight is 286 g/mol. The number of carbonyl (C=O) groups excluding carboxylic acids is 1. The van der Waals surface area contributed by atoms with Crippen LogP contribution in [0.4, 0.5) is 4.79 Å². The fourth-order valence-corrected chi connectivity index (χ4v) is 2.60. The van der Waals surface area contributed by atoms with Crippen LogP contribution in [0.15, 0.2) is 0 Å². The quantitative estimate of drug-likeness (QED) is 0.824. The lowest BCUT2D eigenvalue weighted by Gasteiger charge is -2.37. The fraction of sp³-hybridized carbons (Fsp3) is 0.857. The Morgan fingerprint density at radius 2 is 1.90 bits per heavy atom. The van der Waals surface area contributed by atoms with Gasteiger partial charge in [0.2, 0.25) is 0 Å². The molecule has 6 nitrogen and oxygen atoms in total. The highest BCUT2D eigenvalue weighted by atomic mass is 16.6. The van der Waals surface area contributed by atoms with Crippen LogP contribution >= 0.6 is 0 Å². The molecule has 0 bridgehead atoms. The summed E-state index contributed by atoms with van der Waals surface area (Å²) in [6.45, 7) is 5.45. The van der Waals surface area contributed by atoms with Gasteiger partial charge in [0.1, 0.15) is 5.60 Å². The number of carboxylic acid groups (broad SMARTS) is 1. The van der Waals surface area contributed by atoms with Crippen molar-refractivity contribution in [3.63, 3.8) is 0 Å². The van der Waals surface area contributed by atoms with Gasteiger partial charge in [0.25, 0.3) is 0 Å². The van der Waals surface area contributed by atoms with Crippen molar-refractivity contribution in [2.24, 2.45) is 0 Å². The van der Waals surface area contributed by atoms with Crippen LogP contribution in [0.3, 0.4) is 0 Å². The van der Waals surface area contributed by atoms with Crippen molar-refractivity contribution in [1.82, 2.24) is 10.2 Å². The van der Waals surface area contributed by atoms with Gasteiger partial charge in [0.05, 0.1) is 6.54 Å². The molecule has 1 amide bonds. The van der Waals surface area contributed by atoms with E-state index in [-0.39, 0.29) is 18.6 Å². The molecule has 20 heavy (non-hydrogen) atoms. The van der Waals surface area contributed by atoms with E-state index in [1.165, 1.54) is 0 Å². The number of hydrogen-bond acceptors (Lipinski definition) is 4. The van der Waals surface area contributed by atoms with E-state index in [1.54, 1.807) is 11.9 Å². The summed E-state index contributed by atoms with van der Waals surface area (Å²) in [5, 5.41) is 11.8. The highest BCUT2D eigenvalue weighted by Crippen LogP contribution is 2.23. The van der Waals surface area contributed by atoms with Crippen molar-refractivity contribution in [2.75, 3.05) is 13.6 Å². The molecular formula is C14H26N2O4. The predicted molar refractivity (Wildman–Crippen MR) is 75.7 cm³/mol.